The van der Waals surface area contributed by atoms with Crippen molar-refractivity contribution < 1.29 is 13.2 Å². The van der Waals surface area contributed by atoms with Gasteiger partial charge in [-0.2, -0.15) is 17.0 Å². The van der Waals surface area contributed by atoms with Crippen molar-refractivity contribution in [3.63, 3.8) is 0 Å². The van der Waals surface area contributed by atoms with Crippen molar-refractivity contribution in [2.24, 2.45) is 0 Å². The van der Waals surface area contributed by atoms with E-state index in [-0.39, 0.29) is 12.1 Å². The van der Waals surface area contributed by atoms with Crippen LogP contribution in [0.4, 0.5) is 0 Å². The maximum atomic E-state index is 12.6. The van der Waals surface area contributed by atoms with Crippen LogP contribution in [-0.4, -0.2) is 55.4 Å². The number of hydrogen-bond acceptors (Lipinski definition) is 3. The summed E-state index contributed by atoms with van der Waals surface area (Å²) in [5.74, 6) is 0. The highest BCUT2D eigenvalue weighted by atomic mass is 32.2. The molecule has 0 aromatic rings. The van der Waals surface area contributed by atoms with Crippen LogP contribution in [0.15, 0.2) is 0 Å². The second-order valence-corrected chi connectivity index (χ2v) is 6.84. The Kier molecular flexibility index (Phi) is 4.64. The predicted molar refractivity (Wildman–Crippen MR) is 70.5 cm³/mol. The van der Waals surface area contributed by atoms with E-state index in [0.29, 0.717) is 26.2 Å². The third-order valence-corrected chi connectivity index (χ3v) is 6.22. The van der Waals surface area contributed by atoms with Crippen LogP contribution >= 0.6 is 0 Å². The molecule has 0 aromatic heterocycles. The lowest BCUT2D eigenvalue weighted by molar-refractivity contribution is -0.0601. The molecule has 1 aliphatic carbocycles. The van der Waals surface area contributed by atoms with Gasteiger partial charge in [-0.15, -0.1) is 0 Å². The van der Waals surface area contributed by atoms with Gasteiger partial charge in [0.15, 0.2) is 0 Å². The highest BCUT2D eigenvalue weighted by Crippen LogP contribution is 2.30. The van der Waals surface area contributed by atoms with Gasteiger partial charge in [0.25, 0.3) is 10.2 Å². The molecule has 2 atom stereocenters. The van der Waals surface area contributed by atoms with E-state index in [4.69, 9.17) is 4.74 Å². The number of fused-ring (bicyclic) bond motifs is 1. The van der Waals surface area contributed by atoms with Crippen molar-refractivity contribution in [1.82, 2.24) is 8.61 Å². The monoisotopic (exact) mass is 276 g/mol. The van der Waals surface area contributed by atoms with Crippen LogP contribution in [-0.2, 0) is 14.9 Å². The van der Waals surface area contributed by atoms with Crippen molar-refractivity contribution in [3.05, 3.63) is 0 Å². The van der Waals surface area contributed by atoms with Crippen LogP contribution in [0.1, 0.15) is 39.5 Å². The van der Waals surface area contributed by atoms with Gasteiger partial charge in [-0.05, 0) is 12.8 Å². The van der Waals surface area contributed by atoms with Crippen molar-refractivity contribution in [1.29, 1.82) is 0 Å². The Morgan fingerprint density at radius 3 is 2.56 bits per heavy atom. The largest absolute Gasteiger partial charge is 0.375 e. The Balaban J connectivity index is 2.19. The van der Waals surface area contributed by atoms with Crippen LogP contribution in [0, 0.1) is 0 Å². The number of nitrogens with zero attached hydrogens (tertiary/aromatic N) is 2. The molecule has 1 heterocycles. The standard InChI is InChI=1S/C12H24N2O3S/c1-3-13(4-2)18(15,16)14-9-10-17-12-8-6-5-7-11(12)14/h11-12H,3-10H2,1-2H3/t11-,12-/m0/s1. The molecule has 106 valence electrons. The maximum Gasteiger partial charge on any atom is 0.282 e. The van der Waals surface area contributed by atoms with Crippen molar-refractivity contribution in [2.75, 3.05) is 26.2 Å². The molecule has 6 heteroatoms. The van der Waals surface area contributed by atoms with E-state index in [9.17, 15) is 8.42 Å². The lowest BCUT2D eigenvalue weighted by Gasteiger charge is -2.44. The van der Waals surface area contributed by atoms with Gasteiger partial charge in [-0.3, -0.25) is 0 Å². The van der Waals surface area contributed by atoms with E-state index in [2.05, 4.69) is 0 Å². The van der Waals surface area contributed by atoms with E-state index in [1.54, 1.807) is 8.61 Å². The first-order valence-electron chi connectivity index (χ1n) is 6.99. The smallest absolute Gasteiger partial charge is 0.282 e. The van der Waals surface area contributed by atoms with Gasteiger partial charge in [0.05, 0.1) is 18.8 Å². The molecule has 1 aliphatic heterocycles. The lowest BCUT2D eigenvalue weighted by Crippen LogP contribution is -2.58. The van der Waals surface area contributed by atoms with E-state index in [1.807, 2.05) is 13.8 Å². The zero-order chi connectivity index (χ0) is 13.2. The van der Waals surface area contributed by atoms with Gasteiger partial charge < -0.3 is 4.74 Å². The Morgan fingerprint density at radius 2 is 1.89 bits per heavy atom. The van der Waals surface area contributed by atoms with Crippen molar-refractivity contribution >= 4 is 10.2 Å². The van der Waals surface area contributed by atoms with E-state index < -0.39 is 10.2 Å². The summed E-state index contributed by atoms with van der Waals surface area (Å²) in [6.07, 6.45) is 4.30. The highest BCUT2D eigenvalue weighted by Gasteiger charge is 2.41. The fourth-order valence-corrected chi connectivity index (χ4v) is 4.88. The van der Waals surface area contributed by atoms with Gasteiger partial charge >= 0.3 is 0 Å². The lowest BCUT2D eigenvalue weighted by atomic mass is 9.91. The molecule has 1 saturated carbocycles. The zero-order valence-electron chi connectivity index (χ0n) is 11.3. The molecule has 0 amide bonds. The molecule has 0 unspecified atom stereocenters. The van der Waals surface area contributed by atoms with Gasteiger partial charge in [0, 0.05) is 19.6 Å². The van der Waals surface area contributed by atoms with Gasteiger partial charge in [0.1, 0.15) is 0 Å². The van der Waals surface area contributed by atoms with Crippen LogP contribution in [0.3, 0.4) is 0 Å². The molecule has 1 saturated heterocycles. The van der Waals surface area contributed by atoms with Crippen LogP contribution in [0.2, 0.25) is 0 Å². The maximum absolute atomic E-state index is 12.6. The minimum absolute atomic E-state index is 0.0538. The third kappa shape index (κ3) is 2.57. The zero-order valence-corrected chi connectivity index (χ0v) is 12.2. The Morgan fingerprint density at radius 1 is 1.22 bits per heavy atom. The summed E-state index contributed by atoms with van der Waals surface area (Å²) in [6.45, 7) is 5.88. The first-order chi connectivity index (χ1) is 8.61. The van der Waals surface area contributed by atoms with Crippen LogP contribution < -0.4 is 0 Å². The van der Waals surface area contributed by atoms with Gasteiger partial charge in [-0.25, -0.2) is 0 Å². The molecule has 2 rings (SSSR count). The fraction of sp³-hybridized carbons (Fsp3) is 1.00. The highest BCUT2D eigenvalue weighted by molar-refractivity contribution is 7.86. The summed E-state index contributed by atoms with van der Waals surface area (Å²) in [5.41, 5.74) is 0. The third-order valence-electron chi connectivity index (χ3n) is 4.01. The Labute approximate surface area is 110 Å². The molecule has 18 heavy (non-hydrogen) atoms. The summed E-state index contributed by atoms with van der Waals surface area (Å²) in [5, 5.41) is 0. The molecule has 2 fully saturated rings. The number of rotatable bonds is 4. The summed E-state index contributed by atoms with van der Waals surface area (Å²) >= 11 is 0. The van der Waals surface area contributed by atoms with Gasteiger partial charge in [-0.1, -0.05) is 26.7 Å². The average Bonchev–Trinajstić information content (AvgIpc) is 2.39. The van der Waals surface area contributed by atoms with Crippen molar-refractivity contribution in [2.45, 2.75) is 51.7 Å². The number of ether oxygens (including phenoxy) is 1. The van der Waals surface area contributed by atoms with E-state index in [0.717, 1.165) is 25.7 Å². The number of hydrogen-bond donors (Lipinski definition) is 0. The molecule has 0 N–H and O–H groups in total. The first kappa shape index (κ1) is 14.2. The molecular weight excluding hydrogens is 252 g/mol. The second-order valence-electron chi connectivity index (χ2n) is 4.96. The van der Waals surface area contributed by atoms with Gasteiger partial charge in [0.2, 0.25) is 0 Å². The topological polar surface area (TPSA) is 49.9 Å². The molecule has 0 spiro atoms. The molecule has 2 aliphatic rings. The Bertz CT molecular complexity index is 366. The predicted octanol–water partition coefficient (Wildman–Crippen LogP) is 1.22. The summed E-state index contributed by atoms with van der Waals surface area (Å²) < 4.78 is 34.2. The van der Waals surface area contributed by atoms with E-state index >= 15 is 0 Å². The fourth-order valence-electron chi connectivity index (χ4n) is 3.05. The van der Waals surface area contributed by atoms with E-state index in [1.165, 1.54) is 0 Å². The quantitative estimate of drug-likeness (QED) is 0.775. The SMILES string of the molecule is CCN(CC)S(=O)(=O)N1CCO[C@H]2CCCC[C@@H]21. The molecule has 0 radical (unpaired) electrons. The first-order valence-corrected chi connectivity index (χ1v) is 8.39. The summed E-state index contributed by atoms with van der Waals surface area (Å²) in [4.78, 5) is 0. The second kappa shape index (κ2) is 5.86. The van der Waals surface area contributed by atoms with Crippen LogP contribution in [0.5, 0.6) is 0 Å². The summed E-state index contributed by atoms with van der Waals surface area (Å²) in [6, 6.07) is 0.0538. The molecule has 5 nitrogen and oxygen atoms in total. The molecule has 0 bridgehead atoms. The molecular formula is C12H24N2O3S. The average molecular weight is 276 g/mol. The summed E-state index contributed by atoms with van der Waals surface area (Å²) in [7, 11) is -3.31. The normalized spacial score (nSPS) is 30.4. The minimum Gasteiger partial charge on any atom is -0.375 e. The Hall–Kier alpha value is -0.170. The van der Waals surface area contributed by atoms with Crippen molar-refractivity contribution in [3.8, 4) is 0 Å². The van der Waals surface area contributed by atoms with Crippen LogP contribution in [0.25, 0.3) is 0 Å². The minimum atomic E-state index is -3.31. The molecule has 0 aromatic carbocycles. The number of morpholine rings is 1.